The van der Waals surface area contributed by atoms with Crippen molar-refractivity contribution in [3.8, 4) is 11.8 Å². The van der Waals surface area contributed by atoms with E-state index in [1.165, 1.54) is 11.3 Å². The number of nitrogens with one attached hydrogen (secondary N) is 1. The standard InChI is InChI=1S/C28H25N5O2S2/c1-18-24(10-9-21-15-30-32(2)16-21)37-28-25(18)36-17-23(27(35)33(28)3)31-26(34)22-14-20(11-12-29-22)13-19-7-5-4-6-8-19/h4-8,11-12,14-16,23H,13,17H2,1-3H3,(H,31,34)/t23-/m0/s1. The second kappa shape index (κ2) is 10.6. The van der Waals surface area contributed by atoms with Gasteiger partial charge >= 0.3 is 0 Å². The molecule has 37 heavy (non-hydrogen) atoms. The van der Waals surface area contributed by atoms with Crippen molar-refractivity contribution in [3.63, 3.8) is 0 Å². The number of hydrogen-bond acceptors (Lipinski definition) is 6. The number of carbonyl (C=O) groups excluding carboxylic acids is 2. The number of aromatic nitrogens is 3. The van der Waals surface area contributed by atoms with Crippen molar-refractivity contribution in [1.29, 1.82) is 0 Å². The van der Waals surface area contributed by atoms with Crippen LogP contribution in [0.3, 0.4) is 0 Å². The third-order valence-electron chi connectivity index (χ3n) is 6.04. The number of carbonyl (C=O) groups is 2. The Morgan fingerprint density at radius 2 is 1.97 bits per heavy atom. The van der Waals surface area contributed by atoms with E-state index < -0.39 is 6.04 Å². The van der Waals surface area contributed by atoms with Crippen molar-refractivity contribution in [2.24, 2.45) is 7.05 Å². The van der Waals surface area contributed by atoms with Crippen LogP contribution in [0.15, 0.2) is 66.0 Å². The summed E-state index contributed by atoms with van der Waals surface area (Å²) in [6.07, 6.45) is 5.93. The van der Waals surface area contributed by atoms with Gasteiger partial charge in [0.1, 0.15) is 16.7 Å². The van der Waals surface area contributed by atoms with Crippen molar-refractivity contribution < 1.29 is 9.59 Å². The molecule has 1 aliphatic rings. The van der Waals surface area contributed by atoms with Crippen LogP contribution in [-0.4, -0.2) is 45.4 Å². The minimum absolute atomic E-state index is 0.159. The van der Waals surface area contributed by atoms with Gasteiger partial charge in [0.15, 0.2) is 0 Å². The largest absolute Gasteiger partial charge is 0.338 e. The maximum atomic E-state index is 13.3. The molecule has 0 spiro atoms. The molecule has 0 unspecified atom stereocenters. The highest BCUT2D eigenvalue weighted by atomic mass is 32.2. The van der Waals surface area contributed by atoms with Gasteiger partial charge in [0.05, 0.1) is 16.6 Å². The number of thioether (sulfide) groups is 1. The normalized spacial score (nSPS) is 14.9. The third-order valence-corrected chi connectivity index (χ3v) is 8.74. The Hall–Kier alpha value is -3.87. The predicted molar refractivity (Wildman–Crippen MR) is 147 cm³/mol. The van der Waals surface area contributed by atoms with Crippen LogP contribution in [0.25, 0.3) is 0 Å². The maximum Gasteiger partial charge on any atom is 0.270 e. The summed E-state index contributed by atoms with van der Waals surface area (Å²) in [5, 5.41) is 7.91. The molecule has 7 nitrogen and oxygen atoms in total. The monoisotopic (exact) mass is 527 g/mol. The minimum atomic E-state index is -0.661. The number of aryl methyl sites for hydroxylation is 1. The number of anilines is 1. The van der Waals surface area contributed by atoms with Crippen LogP contribution in [0.4, 0.5) is 5.00 Å². The second-order valence-electron chi connectivity index (χ2n) is 8.79. The number of benzene rings is 1. The van der Waals surface area contributed by atoms with E-state index >= 15 is 0 Å². The van der Waals surface area contributed by atoms with Crippen molar-refractivity contribution in [1.82, 2.24) is 20.1 Å². The van der Waals surface area contributed by atoms with Crippen LogP contribution >= 0.6 is 23.1 Å². The maximum absolute atomic E-state index is 13.3. The molecule has 0 fully saturated rings. The van der Waals surface area contributed by atoms with Crippen molar-refractivity contribution in [2.45, 2.75) is 24.3 Å². The van der Waals surface area contributed by atoms with E-state index in [4.69, 9.17) is 0 Å². The first-order valence-corrected chi connectivity index (χ1v) is 13.5. The van der Waals surface area contributed by atoms with Crippen molar-refractivity contribution in [3.05, 3.63) is 93.9 Å². The van der Waals surface area contributed by atoms with E-state index in [2.05, 4.69) is 27.2 Å². The number of hydrogen-bond donors (Lipinski definition) is 1. The van der Waals surface area contributed by atoms with Gasteiger partial charge in [-0.2, -0.15) is 5.10 Å². The minimum Gasteiger partial charge on any atom is -0.338 e. The number of rotatable bonds is 4. The zero-order chi connectivity index (χ0) is 25.9. The Labute approximate surface area is 223 Å². The summed E-state index contributed by atoms with van der Waals surface area (Å²) in [6, 6.07) is 13.1. The Balaban J connectivity index is 1.30. The Bertz CT molecular complexity index is 1530. The molecule has 1 aliphatic heterocycles. The summed E-state index contributed by atoms with van der Waals surface area (Å²) < 4.78 is 1.71. The highest BCUT2D eigenvalue weighted by Crippen LogP contribution is 2.43. The van der Waals surface area contributed by atoms with Gasteiger partial charge in [-0.05, 0) is 42.2 Å². The van der Waals surface area contributed by atoms with Crippen molar-refractivity contribution >= 4 is 39.9 Å². The summed E-state index contributed by atoms with van der Waals surface area (Å²) >= 11 is 3.06. The molecule has 0 aliphatic carbocycles. The van der Waals surface area contributed by atoms with Gasteiger partial charge < -0.3 is 10.2 Å². The smallest absolute Gasteiger partial charge is 0.270 e. The average Bonchev–Trinajstić information content (AvgIpc) is 3.43. The van der Waals surface area contributed by atoms with Gasteiger partial charge in [0, 0.05) is 37.1 Å². The molecule has 186 valence electrons. The molecule has 1 N–H and O–H groups in total. The van der Waals surface area contributed by atoms with E-state index in [0.717, 1.165) is 37.0 Å². The van der Waals surface area contributed by atoms with E-state index in [1.807, 2.05) is 56.6 Å². The van der Waals surface area contributed by atoms with Crippen molar-refractivity contribution in [2.75, 3.05) is 17.7 Å². The SMILES string of the molecule is Cc1c(C#Cc2cnn(C)c2)sc2c1SC[C@H](NC(=O)c1cc(Cc3ccccc3)ccn1)C(=O)N2C. The Morgan fingerprint density at radius 3 is 2.73 bits per heavy atom. The van der Waals surface area contributed by atoms with Crippen LogP contribution in [0, 0.1) is 18.8 Å². The van der Waals surface area contributed by atoms with E-state index in [0.29, 0.717) is 17.9 Å². The summed E-state index contributed by atoms with van der Waals surface area (Å²) in [5.41, 5.74) is 4.33. The van der Waals surface area contributed by atoms with E-state index in [1.54, 1.807) is 46.9 Å². The first-order chi connectivity index (χ1) is 17.9. The summed E-state index contributed by atoms with van der Waals surface area (Å²) in [4.78, 5) is 34.2. The zero-order valence-electron chi connectivity index (χ0n) is 20.7. The van der Waals surface area contributed by atoms with Gasteiger partial charge in [0.25, 0.3) is 11.8 Å². The average molecular weight is 528 g/mol. The number of pyridine rings is 1. The van der Waals surface area contributed by atoms with Gasteiger partial charge in [0.2, 0.25) is 0 Å². The lowest BCUT2D eigenvalue weighted by Gasteiger charge is -2.20. The Morgan fingerprint density at radius 1 is 1.16 bits per heavy atom. The highest BCUT2D eigenvalue weighted by molar-refractivity contribution is 7.99. The molecule has 0 bridgehead atoms. The number of amides is 2. The molecule has 3 aromatic heterocycles. The molecule has 9 heteroatoms. The lowest BCUT2D eigenvalue weighted by atomic mass is 10.1. The van der Waals surface area contributed by atoms with Crippen LogP contribution in [0.2, 0.25) is 0 Å². The number of fused-ring (bicyclic) bond motifs is 1. The van der Waals surface area contributed by atoms with Crippen LogP contribution in [-0.2, 0) is 18.3 Å². The Kier molecular flexibility index (Phi) is 7.12. The molecule has 1 atom stereocenters. The molecule has 5 rings (SSSR count). The van der Waals surface area contributed by atoms with E-state index in [-0.39, 0.29) is 11.8 Å². The topological polar surface area (TPSA) is 80.1 Å². The molecule has 0 saturated carbocycles. The molecular formula is C28H25N5O2S2. The van der Waals surface area contributed by atoms with Gasteiger partial charge in [-0.25, -0.2) is 0 Å². The fraction of sp³-hybridized carbons (Fsp3) is 0.214. The third kappa shape index (κ3) is 5.45. The fourth-order valence-corrected chi connectivity index (χ4v) is 6.58. The lowest BCUT2D eigenvalue weighted by molar-refractivity contribution is -0.119. The van der Waals surface area contributed by atoms with Gasteiger partial charge in [-0.3, -0.25) is 19.3 Å². The highest BCUT2D eigenvalue weighted by Gasteiger charge is 2.33. The molecule has 0 saturated heterocycles. The predicted octanol–water partition coefficient (Wildman–Crippen LogP) is 4.04. The first-order valence-electron chi connectivity index (χ1n) is 11.7. The molecule has 4 heterocycles. The fourth-order valence-electron chi connectivity index (χ4n) is 4.06. The van der Waals surface area contributed by atoms with Crippen LogP contribution in [0.1, 0.15) is 37.6 Å². The number of likely N-dealkylation sites (N-methyl/N-ethyl adjacent to an activating group) is 1. The zero-order valence-corrected chi connectivity index (χ0v) is 22.3. The van der Waals surface area contributed by atoms with Crippen LogP contribution in [0.5, 0.6) is 0 Å². The molecule has 4 aromatic rings. The lowest BCUT2D eigenvalue weighted by Crippen LogP contribution is -2.48. The van der Waals surface area contributed by atoms with E-state index in [9.17, 15) is 9.59 Å². The summed E-state index contributed by atoms with van der Waals surface area (Å²) in [7, 11) is 3.60. The van der Waals surface area contributed by atoms with Gasteiger partial charge in [-0.1, -0.05) is 42.2 Å². The summed E-state index contributed by atoms with van der Waals surface area (Å²) in [5.74, 6) is 6.29. The number of thiophene rings is 1. The van der Waals surface area contributed by atoms with Crippen LogP contribution < -0.4 is 10.2 Å². The van der Waals surface area contributed by atoms with Gasteiger partial charge in [-0.15, -0.1) is 23.1 Å². The molecular weight excluding hydrogens is 502 g/mol. The second-order valence-corrected chi connectivity index (χ2v) is 10.8. The number of nitrogens with zero attached hydrogens (tertiary/aromatic N) is 4. The molecule has 1 aromatic carbocycles. The summed E-state index contributed by atoms with van der Waals surface area (Å²) in [6.45, 7) is 2.02. The molecule has 2 amide bonds. The molecule has 0 radical (unpaired) electrons. The first kappa shape index (κ1) is 24.8. The quantitative estimate of drug-likeness (QED) is 0.405.